The van der Waals surface area contributed by atoms with Crippen LogP contribution in [0.1, 0.15) is 98.8 Å². The van der Waals surface area contributed by atoms with E-state index in [4.69, 9.17) is 0 Å². The molecule has 177 valence electrons. The van der Waals surface area contributed by atoms with Gasteiger partial charge in [-0.05, 0) is 93.5 Å². The van der Waals surface area contributed by atoms with Crippen LogP contribution in [0.2, 0.25) is 0 Å². The average molecular weight is 679 g/mol. The van der Waals surface area contributed by atoms with Crippen molar-refractivity contribution in [2.75, 3.05) is 0 Å². The van der Waals surface area contributed by atoms with Crippen LogP contribution in [0, 0.1) is 16.7 Å². The molecule has 33 heavy (non-hydrogen) atoms. The topological polar surface area (TPSA) is 40.5 Å². The quantitative estimate of drug-likeness (QED) is 0.314. The van der Waals surface area contributed by atoms with Crippen molar-refractivity contribution >= 4 is 0 Å². The van der Waals surface area contributed by atoms with E-state index in [2.05, 4.69) is 53.3 Å². The van der Waals surface area contributed by atoms with E-state index < -0.39 is 12.2 Å². The van der Waals surface area contributed by atoms with Gasteiger partial charge in [0, 0.05) is 98.1 Å². The summed E-state index contributed by atoms with van der Waals surface area (Å²) in [5.41, 5.74) is 7.46. The van der Waals surface area contributed by atoms with Crippen molar-refractivity contribution in [3.8, 4) is 0 Å². The van der Waals surface area contributed by atoms with E-state index in [1.54, 1.807) is 16.7 Å². The Balaban J connectivity index is 0.00000341. The first-order valence-electron chi connectivity index (χ1n) is 12.1. The maximum atomic E-state index is 10.1. The number of hydrogen-bond acceptors (Lipinski definition) is 2. The van der Waals surface area contributed by atoms with Crippen LogP contribution in [-0.2, 0) is 98.1 Å². The largest absolute Gasteiger partial charge is 0.388 e. The molecule has 1 unspecified atom stereocenters. The van der Waals surface area contributed by atoms with Gasteiger partial charge in [-0.25, -0.2) is 0 Å². The second-order valence-electron chi connectivity index (χ2n) is 11.6. The monoisotopic (exact) mass is 679 g/mol. The maximum Gasteiger partial charge on any atom is 0.0809 e. The normalized spacial score (nSPS) is 32.3. The van der Waals surface area contributed by atoms with Gasteiger partial charge in [0.05, 0.1) is 12.2 Å². The minimum absolute atomic E-state index is 0. The number of rotatable bonds is 4. The van der Waals surface area contributed by atoms with Crippen molar-refractivity contribution in [3.63, 3.8) is 0 Å². The Kier molecular flexibility index (Phi) is 15.9. The first kappa shape index (κ1) is 35.2. The Morgan fingerprint density at radius 3 is 2.24 bits per heavy atom. The van der Waals surface area contributed by atoms with Crippen LogP contribution in [-0.4, -0.2) is 22.4 Å². The van der Waals surface area contributed by atoms with Crippen LogP contribution in [0.3, 0.4) is 0 Å². The third kappa shape index (κ3) is 9.16. The zero-order valence-corrected chi connectivity index (χ0v) is 30.3. The van der Waals surface area contributed by atoms with Crippen LogP contribution in [0.5, 0.6) is 0 Å². The van der Waals surface area contributed by atoms with E-state index in [1.165, 1.54) is 51.4 Å². The molecule has 5 heteroatoms. The second-order valence-corrected chi connectivity index (χ2v) is 11.6. The summed E-state index contributed by atoms with van der Waals surface area (Å²) in [6.07, 6.45) is 14.7. The summed E-state index contributed by atoms with van der Waals surface area (Å²) in [5, 5.41) is 20.3. The summed E-state index contributed by atoms with van der Waals surface area (Å²) >= 11 is 0. The Morgan fingerprint density at radius 1 is 1.06 bits per heavy atom. The van der Waals surface area contributed by atoms with Crippen LogP contribution in [0.25, 0.3) is 0 Å². The van der Waals surface area contributed by atoms with Crippen LogP contribution in [0.15, 0.2) is 46.6 Å². The van der Waals surface area contributed by atoms with Gasteiger partial charge >= 0.3 is 0 Å². The molecule has 0 aliphatic heterocycles. The number of aliphatic hydroxyl groups excluding tert-OH is 2. The summed E-state index contributed by atoms with van der Waals surface area (Å²) in [6.45, 7) is 15.8. The summed E-state index contributed by atoms with van der Waals surface area (Å²) < 4.78 is 0. The molecular weight excluding hydrogens is 635 g/mol. The summed E-state index contributed by atoms with van der Waals surface area (Å²) in [5.74, 6) is 0.657. The van der Waals surface area contributed by atoms with Gasteiger partial charge in [0.1, 0.15) is 0 Å². The Morgan fingerprint density at radius 2 is 1.67 bits per heavy atom. The summed E-state index contributed by atoms with van der Waals surface area (Å²) in [6, 6.07) is 0. The number of allylic oxidation sites excluding steroid dienone is 5. The fourth-order valence-electron chi connectivity index (χ4n) is 6.22. The van der Waals surface area contributed by atoms with E-state index in [9.17, 15) is 10.2 Å². The SMILES string of the molecule is C=C1[C@H](O)CC(=C/C=C2\CCC[C@]3(C)/C(=C(\C)CCCC(C)(C)C)CCC23)C[C@H]1O.[Y].[Y].[Y]. The Hall–Kier alpha value is 2.19. The predicted molar refractivity (Wildman–Crippen MR) is 127 cm³/mol. The van der Waals surface area contributed by atoms with Gasteiger partial charge in [-0.3, -0.25) is 0 Å². The van der Waals surface area contributed by atoms with Crippen molar-refractivity contribution in [3.05, 3.63) is 46.6 Å². The molecule has 0 spiro atoms. The fraction of sp³-hybridized carbons (Fsp3) is 0.714. The van der Waals surface area contributed by atoms with E-state index in [0.717, 1.165) is 5.57 Å². The summed E-state index contributed by atoms with van der Waals surface area (Å²) in [7, 11) is 0. The van der Waals surface area contributed by atoms with Gasteiger partial charge in [-0.2, -0.15) is 0 Å². The van der Waals surface area contributed by atoms with Crippen LogP contribution in [0.4, 0.5) is 0 Å². The van der Waals surface area contributed by atoms with Gasteiger partial charge in [0.25, 0.3) is 0 Å². The molecule has 0 aromatic heterocycles. The molecular formula is C28H44O2Y3. The van der Waals surface area contributed by atoms with Crippen molar-refractivity contribution in [1.82, 2.24) is 0 Å². The number of aliphatic hydroxyl groups is 2. The van der Waals surface area contributed by atoms with Crippen LogP contribution < -0.4 is 0 Å². The first-order valence-corrected chi connectivity index (χ1v) is 12.1. The smallest absolute Gasteiger partial charge is 0.0809 e. The molecule has 3 rings (SSSR count). The molecule has 2 N–H and O–H groups in total. The molecule has 2 nitrogen and oxygen atoms in total. The van der Waals surface area contributed by atoms with E-state index >= 15 is 0 Å². The van der Waals surface area contributed by atoms with E-state index in [0.29, 0.717) is 35.2 Å². The van der Waals surface area contributed by atoms with Crippen molar-refractivity contribution in [1.29, 1.82) is 0 Å². The molecule has 3 aliphatic rings. The zero-order valence-electron chi connectivity index (χ0n) is 21.8. The van der Waals surface area contributed by atoms with Gasteiger partial charge < -0.3 is 10.2 Å². The average Bonchev–Trinajstić information content (AvgIpc) is 3.00. The molecule has 3 fully saturated rings. The molecule has 3 saturated carbocycles. The first-order chi connectivity index (χ1) is 14.0. The van der Waals surface area contributed by atoms with Crippen LogP contribution >= 0.6 is 0 Å². The molecule has 0 aromatic carbocycles. The van der Waals surface area contributed by atoms with Crippen molar-refractivity contribution in [2.24, 2.45) is 16.7 Å². The molecule has 3 radical (unpaired) electrons. The van der Waals surface area contributed by atoms with Gasteiger partial charge in [-0.15, -0.1) is 0 Å². The van der Waals surface area contributed by atoms with Gasteiger partial charge in [0.2, 0.25) is 0 Å². The standard InChI is InChI=1S/C28H44O2.3Y/c1-19(9-7-15-27(3,4)5)23-13-14-24-22(10-8-16-28(23,24)6)12-11-21-17-25(29)20(2)26(30)18-21;;;/h11-12,24-26,29-30H,2,7-10,13-18H2,1,3-6H3;;;/b22-12+,23-19+;;;/t24?,25-,26-,28-;;;/m1.../s1. The fourth-order valence-corrected chi connectivity index (χ4v) is 6.22. The Labute approximate surface area is 279 Å². The summed E-state index contributed by atoms with van der Waals surface area (Å²) in [4.78, 5) is 0. The minimum Gasteiger partial charge on any atom is -0.388 e. The van der Waals surface area contributed by atoms with Crippen molar-refractivity contribution in [2.45, 2.75) is 111 Å². The van der Waals surface area contributed by atoms with E-state index in [-0.39, 0.29) is 98.1 Å². The molecule has 0 aromatic rings. The second kappa shape index (κ2) is 15.0. The van der Waals surface area contributed by atoms with Gasteiger partial charge in [-0.1, -0.05) is 68.7 Å². The molecule has 0 heterocycles. The maximum absolute atomic E-state index is 10.1. The number of hydrogen-bond donors (Lipinski definition) is 2. The molecule has 0 bridgehead atoms. The predicted octanol–water partition coefficient (Wildman–Crippen LogP) is 7.04. The minimum atomic E-state index is -0.605. The molecule has 0 saturated heterocycles. The van der Waals surface area contributed by atoms with Gasteiger partial charge in [0.15, 0.2) is 0 Å². The third-order valence-corrected chi connectivity index (χ3v) is 8.04. The number of fused-ring (bicyclic) bond motifs is 1. The molecule has 0 amide bonds. The third-order valence-electron chi connectivity index (χ3n) is 8.04. The molecule has 4 atom stereocenters. The van der Waals surface area contributed by atoms with Crippen molar-refractivity contribution < 1.29 is 108 Å². The van der Waals surface area contributed by atoms with E-state index in [1.807, 2.05) is 0 Å². The molecule has 3 aliphatic carbocycles. The zero-order chi connectivity index (χ0) is 22.1. The Bertz CT molecular complexity index is 744.